The van der Waals surface area contributed by atoms with Crippen LogP contribution in [0.5, 0.6) is 0 Å². The summed E-state index contributed by atoms with van der Waals surface area (Å²) >= 11 is 0. The molecule has 1 aliphatic rings. The highest BCUT2D eigenvalue weighted by Crippen LogP contribution is 2.24. The van der Waals surface area contributed by atoms with Gasteiger partial charge < -0.3 is 4.57 Å². The summed E-state index contributed by atoms with van der Waals surface area (Å²) in [5.41, 5.74) is 3.93. The van der Waals surface area contributed by atoms with Crippen LogP contribution in [0.1, 0.15) is 24.1 Å². The van der Waals surface area contributed by atoms with E-state index >= 15 is 0 Å². The summed E-state index contributed by atoms with van der Waals surface area (Å²) in [6.07, 6.45) is 5.80. The summed E-state index contributed by atoms with van der Waals surface area (Å²) in [4.78, 5) is 4.56. The molecule has 1 aromatic heterocycles. The fourth-order valence-corrected chi connectivity index (χ4v) is 2.37. The number of benzene rings is 1. The molecule has 0 unspecified atom stereocenters. The van der Waals surface area contributed by atoms with Crippen molar-refractivity contribution in [3.05, 3.63) is 41.7 Å². The van der Waals surface area contributed by atoms with Crippen LogP contribution < -0.4 is 0 Å². The lowest BCUT2D eigenvalue weighted by molar-refractivity contribution is 0.536. The number of aromatic nitrogens is 2. The van der Waals surface area contributed by atoms with E-state index < -0.39 is 0 Å². The van der Waals surface area contributed by atoms with Crippen molar-refractivity contribution in [2.75, 3.05) is 0 Å². The van der Waals surface area contributed by atoms with Crippen LogP contribution in [-0.2, 0) is 13.0 Å². The van der Waals surface area contributed by atoms with Crippen molar-refractivity contribution < 1.29 is 0 Å². The molecule has 1 aliphatic heterocycles. The van der Waals surface area contributed by atoms with E-state index in [-0.39, 0.29) is 0 Å². The second-order valence-corrected chi connectivity index (χ2v) is 4.55. The van der Waals surface area contributed by atoms with Crippen LogP contribution >= 0.6 is 0 Å². The van der Waals surface area contributed by atoms with Crippen LogP contribution in [0.3, 0.4) is 0 Å². The van der Waals surface area contributed by atoms with Crippen molar-refractivity contribution in [2.45, 2.75) is 32.7 Å². The molecule has 2 nitrogen and oxygen atoms in total. The summed E-state index contributed by atoms with van der Waals surface area (Å²) < 4.78 is 2.37. The average molecular weight is 212 g/mol. The number of imidazole rings is 1. The number of hydrogen-bond donors (Lipinski definition) is 0. The minimum Gasteiger partial charge on any atom is -0.328 e. The second-order valence-electron chi connectivity index (χ2n) is 4.55. The lowest BCUT2D eigenvalue weighted by Crippen LogP contribution is -2.10. The molecule has 0 atom stereocenters. The third-order valence-corrected chi connectivity index (χ3v) is 3.31. The molecule has 2 heteroatoms. The van der Waals surface area contributed by atoms with Crippen molar-refractivity contribution in [3.63, 3.8) is 0 Å². The molecule has 0 saturated carbocycles. The monoisotopic (exact) mass is 212 g/mol. The van der Waals surface area contributed by atoms with Gasteiger partial charge in [0.2, 0.25) is 0 Å². The Morgan fingerprint density at radius 1 is 1.12 bits per heavy atom. The predicted octanol–water partition coefficient (Wildman–Crippen LogP) is 3.19. The smallest absolute Gasteiger partial charge is 0.140 e. The molecule has 0 fully saturated rings. The van der Waals surface area contributed by atoms with Crippen molar-refractivity contribution >= 4 is 0 Å². The van der Waals surface area contributed by atoms with E-state index in [0.29, 0.717) is 0 Å². The quantitative estimate of drug-likeness (QED) is 0.709. The van der Waals surface area contributed by atoms with Crippen LogP contribution in [0.25, 0.3) is 11.4 Å². The number of aryl methyl sites for hydroxylation is 2. The highest BCUT2D eigenvalue weighted by Gasteiger charge is 2.14. The SMILES string of the molecule is Cc1ccc(-c2ncc3n2CCCC3)cc1. The summed E-state index contributed by atoms with van der Waals surface area (Å²) in [6.45, 7) is 3.24. The highest BCUT2D eigenvalue weighted by molar-refractivity contribution is 5.56. The first-order valence-corrected chi connectivity index (χ1v) is 5.96. The Hall–Kier alpha value is -1.57. The van der Waals surface area contributed by atoms with Crippen LogP contribution in [-0.4, -0.2) is 9.55 Å². The normalized spacial score (nSPS) is 14.8. The number of nitrogens with zero attached hydrogens (tertiary/aromatic N) is 2. The van der Waals surface area contributed by atoms with Crippen LogP contribution in [0.4, 0.5) is 0 Å². The molecule has 0 N–H and O–H groups in total. The van der Waals surface area contributed by atoms with Gasteiger partial charge in [0.25, 0.3) is 0 Å². The zero-order valence-electron chi connectivity index (χ0n) is 9.61. The minimum absolute atomic E-state index is 1.12. The Balaban J connectivity index is 2.06. The van der Waals surface area contributed by atoms with Gasteiger partial charge in [-0.15, -0.1) is 0 Å². The molecule has 0 aliphatic carbocycles. The number of rotatable bonds is 1. The minimum atomic E-state index is 1.12. The topological polar surface area (TPSA) is 17.8 Å². The lowest BCUT2D eigenvalue weighted by Gasteiger charge is -2.16. The van der Waals surface area contributed by atoms with E-state index in [1.54, 1.807) is 0 Å². The van der Waals surface area contributed by atoms with Gasteiger partial charge >= 0.3 is 0 Å². The van der Waals surface area contributed by atoms with Gasteiger partial charge in [-0.2, -0.15) is 0 Å². The molecule has 16 heavy (non-hydrogen) atoms. The molecule has 0 radical (unpaired) electrons. The van der Waals surface area contributed by atoms with Crippen LogP contribution in [0, 0.1) is 6.92 Å². The number of fused-ring (bicyclic) bond motifs is 1. The standard InChI is InChI=1S/C14H16N2/c1-11-5-7-12(8-6-11)14-15-10-13-4-2-3-9-16(13)14/h5-8,10H,2-4,9H2,1H3. The maximum absolute atomic E-state index is 4.56. The first-order chi connectivity index (χ1) is 7.84. The maximum atomic E-state index is 4.56. The number of hydrogen-bond acceptors (Lipinski definition) is 1. The van der Waals surface area contributed by atoms with Gasteiger partial charge in [-0.05, 0) is 26.2 Å². The van der Waals surface area contributed by atoms with Crippen molar-refractivity contribution in [1.82, 2.24) is 9.55 Å². The third kappa shape index (κ3) is 1.54. The molecular formula is C14H16N2. The first-order valence-electron chi connectivity index (χ1n) is 5.96. The van der Waals surface area contributed by atoms with Crippen molar-refractivity contribution in [1.29, 1.82) is 0 Å². The average Bonchev–Trinajstić information content (AvgIpc) is 2.74. The van der Waals surface area contributed by atoms with Gasteiger partial charge in [-0.25, -0.2) is 4.98 Å². The van der Waals surface area contributed by atoms with Crippen LogP contribution in [0.2, 0.25) is 0 Å². The van der Waals surface area contributed by atoms with Gasteiger partial charge in [0.15, 0.2) is 0 Å². The van der Waals surface area contributed by atoms with Gasteiger partial charge in [0, 0.05) is 24.0 Å². The van der Waals surface area contributed by atoms with Gasteiger partial charge in [-0.3, -0.25) is 0 Å². The molecule has 0 amide bonds. The molecule has 82 valence electrons. The zero-order valence-corrected chi connectivity index (χ0v) is 9.61. The van der Waals surface area contributed by atoms with E-state index in [0.717, 1.165) is 12.4 Å². The van der Waals surface area contributed by atoms with Crippen LogP contribution in [0.15, 0.2) is 30.5 Å². The molecule has 2 heterocycles. The molecular weight excluding hydrogens is 196 g/mol. The van der Waals surface area contributed by atoms with Gasteiger partial charge in [0.05, 0.1) is 0 Å². The molecule has 0 spiro atoms. The predicted molar refractivity (Wildman–Crippen MR) is 65.3 cm³/mol. The molecule has 2 aromatic rings. The van der Waals surface area contributed by atoms with Crippen molar-refractivity contribution in [3.8, 4) is 11.4 Å². The van der Waals surface area contributed by atoms with Gasteiger partial charge in [0.1, 0.15) is 5.82 Å². The fraction of sp³-hybridized carbons (Fsp3) is 0.357. The first kappa shape index (κ1) is 9.64. The Morgan fingerprint density at radius 2 is 1.94 bits per heavy atom. The Bertz CT molecular complexity index is 494. The third-order valence-electron chi connectivity index (χ3n) is 3.31. The Labute approximate surface area is 95.9 Å². The zero-order chi connectivity index (χ0) is 11.0. The Kier molecular flexibility index (Phi) is 2.28. The summed E-state index contributed by atoms with van der Waals surface area (Å²) in [5.74, 6) is 1.13. The largest absolute Gasteiger partial charge is 0.328 e. The molecule has 0 bridgehead atoms. The molecule has 0 saturated heterocycles. The summed E-state index contributed by atoms with van der Waals surface area (Å²) in [6, 6.07) is 8.64. The highest BCUT2D eigenvalue weighted by atomic mass is 15.1. The van der Waals surface area contributed by atoms with Crippen molar-refractivity contribution in [2.24, 2.45) is 0 Å². The van der Waals surface area contributed by atoms with E-state index in [4.69, 9.17) is 0 Å². The lowest BCUT2D eigenvalue weighted by atomic mass is 10.1. The second kappa shape index (κ2) is 3.78. The van der Waals surface area contributed by atoms with E-state index in [2.05, 4.69) is 40.7 Å². The molecule has 1 aromatic carbocycles. The molecule has 3 rings (SSSR count). The van der Waals surface area contributed by atoms with E-state index in [1.165, 1.54) is 36.1 Å². The van der Waals surface area contributed by atoms with E-state index in [1.807, 2.05) is 6.20 Å². The fourth-order valence-electron chi connectivity index (χ4n) is 2.37. The Morgan fingerprint density at radius 3 is 2.75 bits per heavy atom. The van der Waals surface area contributed by atoms with E-state index in [9.17, 15) is 0 Å². The summed E-state index contributed by atoms with van der Waals surface area (Å²) in [7, 11) is 0. The van der Waals surface area contributed by atoms with Gasteiger partial charge in [-0.1, -0.05) is 29.8 Å². The maximum Gasteiger partial charge on any atom is 0.140 e. The summed E-state index contributed by atoms with van der Waals surface area (Å²) in [5, 5.41) is 0.